The van der Waals surface area contributed by atoms with Gasteiger partial charge in [0.05, 0.1) is 0 Å². The maximum absolute atomic E-state index is 5.84. The zero-order valence-electron chi connectivity index (χ0n) is 17.0. The highest BCUT2D eigenvalue weighted by atomic mass is 35.5. The molecule has 0 spiro atoms. The number of nitrogens with zero attached hydrogens (tertiary/aromatic N) is 3. The summed E-state index contributed by atoms with van der Waals surface area (Å²) >= 11 is 0. The average Bonchev–Trinajstić information content (AvgIpc) is 3.18. The number of H-pyrrole nitrogens is 1. The number of rotatable bonds is 3. The van der Waals surface area contributed by atoms with E-state index in [2.05, 4.69) is 69.3 Å². The number of nitrogens with two attached hydrogens (primary N) is 1. The van der Waals surface area contributed by atoms with E-state index < -0.39 is 0 Å². The van der Waals surface area contributed by atoms with Gasteiger partial charge in [-0.15, -0.1) is 12.4 Å². The Kier molecular flexibility index (Phi) is 5.66. The minimum atomic E-state index is 0. The third-order valence-corrected chi connectivity index (χ3v) is 5.82. The van der Waals surface area contributed by atoms with Crippen LogP contribution >= 0.6 is 12.4 Å². The Morgan fingerprint density at radius 2 is 1.53 bits per heavy atom. The number of aromatic nitrogens is 2. The largest absolute Gasteiger partial charge is 0.399 e. The number of nitrogen functional groups attached to an aromatic ring is 1. The fourth-order valence-corrected chi connectivity index (χ4v) is 3.99. The van der Waals surface area contributed by atoms with Gasteiger partial charge in [-0.1, -0.05) is 24.3 Å². The fraction of sp³-hybridized carbons (Fsp3) is 0.208. The van der Waals surface area contributed by atoms with Gasteiger partial charge in [0.15, 0.2) is 0 Å². The van der Waals surface area contributed by atoms with Crippen LogP contribution < -0.4 is 10.6 Å². The van der Waals surface area contributed by atoms with Gasteiger partial charge < -0.3 is 20.5 Å². The van der Waals surface area contributed by atoms with Gasteiger partial charge in [0.1, 0.15) is 5.65 Å². The Hall–Kier alpha value is -3.02. The quantitative estimate of drug-likeness (QED) is 0.474. The molecule has 0 aliphatic carbocycles. The maximum Gasteiger partial charge on any atom is 0.137 e. The van der Waals surface area contributed by atoms with E-state index in [-0.39, 0.29) is 12.4 Å². The number of hydrogen-bond donors (Lipinski definition) is 2. The number of hydrogen-bond acceptors (Lipinski definition) is 4. The van der Waals surface area contributed by atoms with E-state index in [1.807, 2.05) is 24.5 Å². The fourth-order valence-electron chi connectivity index (χ4n) is 3.99. The molecule has 0 radical (unpaired) electrons. The van der Waals surface area contributed by atoms with Crippen molar-refractivity contribution in [1.29, 1.82) is 0 Å². The van der Waals surface area contributed by atoms with Crippen molar-refractivity contribution in [3.8, 4) is 22.3 Å². The molecule has 0 amide bonds. The van der Waals surface area contributed by atoms with Crippen molar-refractivity contribution in [3.63, 3.8) is 0 Å². The number of piperazine rings is 1. The van der Waals surface area contributed by atoms with Crippen LogP contribution in [0.3, 0.4) is 0 Å². The molecule has 0 atom stereocenters. The van der Waals surface area contributed by atoms with Gasteiger partial charge in [-0.3, -0.25) is 0 Å². The highest BCUT2D eigenvalue weighted by molar-refractivity contribution is 5.96. The molecule has 1 aliphatic heterocycles. The van der Waals surface area contributed by atoms with E-state index in [0.29, 0.717) is 0 Å². The summed E-state index contributed by atoms with van der Waals surface area (Å²) in [7, 11) is 2.18. The predicted molar refractivity (Wildman–Crippen MR) is 128 cm³/mol. The van der Waals surface area contributed by atoms with Crippen LogP contribution in [0.5, 0.6) is 0 Å². The topological polar surface area (TPSA) is 61.2 Å². The van der Waals surface area contributed by atoms with Crippen LogP contribution in [0.15, 0.2) is 67.0 Å². The first-order valence-electron chi connectivity index (χ1n) is 10.0. The van der Waals surface area contributed by atoms with E-state index in [4.69, 9.17) is 5.73 Å². The number of aromatic amines is 1. The van der Waals surface area contributed by atoms with E-state index in [0.717, 1.165) is 59.6 Å². The lowest BCUT2D eigenvalue weighted by atomic mass is 10.0. The molecule has 1 fully saturated rings. The molecule has 1 aliphatic rings. The lowest BCUT2D eigenvalue weighted by Gasteiger charge is -2.34. The Bertz CT molecular complexity index is 1130. The molecule has 0 unspecified atom stereocenters. The molecule has 5 rings (SSSR count). The molecule has 2 aromatic heterocycles. The van der Waals surface area contributed by atoms with Crippen LogP contribution in [-0.2, 0) is 0 Å². The number of nitrogens with one attached hydrogen (secondary N) is 1. The molecule has 3 heterocycles. The second kappa shape index (κ2) is 8.38. The second-order valence-electron chi connectivity index (χ2n) is 7.78. The van der Waals surface area contributed by atoms with E-state index in [1.165, 1.54) is 11.3 Å². The normalized spacial score (nSPS) is 14.6. The SMILES string of the molecule is CN1CCN(c2ccc(-c3cnc4[nH]cc(-c5ccc(N)cc5)c4c3)cc2)CC1.Cl. The highest BCUT2D eigenvalue weighted by Gasteiger charge is 2.14. The molecule has 154 valence electrons. The number of anilines is 2. The van der Waals surface area contributed by atoms with E-state index in [1.54, 1.807) is 0 Å². The van der Waals surface area contributed by atoms with Gasteiger partial charge >= 0.3 is 0 Å². The zero-order chi connectivity index (χ0) is 19.8. The van der Waals surface area contributed by atoms with Gasteiger partial charge in [0, 0.05) is 66.5 Å². The van der Waals surface area contributed by atoms with Gasteiger partial charge in [-0.25, -0.2) is 4.98 Å². The monoisotopic (exact) mass is 419 g/mol. The first-order valence-corrected chi connectivity index (χ1v) is 10.0. The molecule has 5 nitrogen and oxygen atoms in total. The van der Waals surface area contributed by atoms with Crippen molar-refractivity contribution in [3.05, 3.63) is 67.0 Å². The van der Waals surface area contributed by atoms with Crippen molar-refractivity contribution < 1.29 is 0 Å². The predicted octanol–water partition coefficient (Wildman–Crippen LogP) is 4.65. The summed E-state index contributed by atoms with van der Waals surface area (Å²) in [5, 5.41) is 1.12. The highest BCUT2D eigenvalue weighted by Crippen LogP contribution is 2.32. The van der Waals surface area contributed by atoms with Crippen LogP contribution in [0.2, 0.25) is 0 Å². The molecule has 30 heavy (non-hydrogen) atoms. The van der Waals surface area contributed by atoms with Crippen LogP contribution in [0.1, 0.15) is 0 Å². The number of likely N-dealkylation sites (N-methyl/N-ethyl adjacent to an activating group) is 1. The van der Waals surface area contributed by atoms with Crippen LogP contribution in [0.4, 0.5) is 11.4 Å². The summed E-state index contributed by atoms with van der Waals surface area (Å²) in [5.74, 6) is 0. The standard InChI is InChI=1S/C24H25N5.ClH/c1-28-10-12-29(13-11-28)21-8-4-17(5-9-21)19-14-22-23(16-27-24(22)26-15-19)18-2-6-20(25)7-3-18;/h2-9,14-16H,10-13,25H2,1H3,(H,26,27);1H. The molecule has 0 saturated carbocycles. The summed E-state index contributed by atoms with van der Waals surface area (Å²) in [6.07, 6.45) is 3.96. The lowest BCUT2D eigenvalue weighted by molar-refractivity contribution is 0.313. The first kappa shape index (κ1) is 20.3. The molecule has 6 heteroatoms. The van der Waals surface area contributed by atoms with Gasteiger partial charge in [-0.05, 0) is 48.5 Å². The minimum Gasteiger partial charge on any atom is -0.399 e. The molecule has 0 bridgehead atoms. The summed E-state index contributed by atoms with van der Waals surface area (Å²) in [6.45, 7) is 4.39. The van der Waals surface area contributed by atoms with Crippen molar-refractivity contribution in [1.82, 2.24) is 14.9 Å². The Morgan fingerprint density at radius 3 is 2.23 bits per heavy atom. The number of benzene rings is 2. The maximum atomic E-state index is 5.84. The average molecular weight is 420 g/mol. The third kappa shape index (κ3) is 3.86. The van der Waals surface area contributed by atoms with Crippen molar-refractivity contribution in [2.24, 2.45) is 0 Å². The van der Waals surface area contributed by atoms with E-state index >= 15 is 0 Å². The van der Waals surface area contributed by atoms with Crippen molar-refractivity contribution >= 4 is 34.8 Å². The zero-order valence-corrected chi connectivity index (χ0v) is 17.8. The molecule has 1 saturated heterocycles. The smallest absolute Gasteiger partial charge is 0.137 e. The van der Waals surface area contributed by atoms with Crippen LogP contribution in [0.25, 0.3) is 33.3 Å². The van der Waals surface area contributed by atoms with E-state index in [9.17, 15) is 0 Å². The Balaban J connectivity index is 0.00000218. The van der Waals surface area contributed by atoms with Crippen LogP contribution in [-0.4, -0.2) is 48.1 Å². The van der Waals surface area contributed by atoms with Gasteiger partial charge in [-0.2, -0.15) is 0 Å². The van der Waals surface area contributed by atoms with Crippen molar-refractivity contribution in [2.75, 3.05) is 43.9 Å². The summed E-state index contributed by atoms with van der Waals surface area (Å²) < 4.78 is 0. The molecular weight excluding hydrogens is 394 g/mol. The second-order valence-corrected chi connectivity index (χ2v) is 7.78. The van der Waals surface area contributed by atoms with Gasteiger partial charge in [0.2, 0.25) is 0 Å². The summed E-state index contributed by atoms with van der Waals surface area (Å²) in [5.41, 5.74) is 13.4. The Morgan fingerprint density at radius 1 is 0.867 bits per heavy atom. The molecule has 3 N–H and O–H groups in total. The minimum absolute atomic E-state index is 0. The first-order chi connectivity index (χ1) is 14.2. The summed E-state index contributed by atoms with van der Waals surface area (Å²) in [4.78, 5) is 12.8. The Labute approximate surface area is 182 Å². The number of pyridine rings is 1. The van der Waals surface area contributed by atoms with Crippen molar-refractivity contribution in [2.45, 2.75) is 0 Å². The third-order valence-electron chi connectivity index (χ3n) is 5.82. The summed E-state index contributed by atoms with van der Waals surface area (Å²) in [6, 6.07) is 19.0. The lowest BCUT2D eigenvalue weighted by Crippen LogP contribution is -2.44. The molecule has 2 aromatic carbocycles. The number of halogens is 1. The van der Waals surface area contributed by atoms with Gasteiger partial charge in [0.25, 0.3) is 0 Å². The molecule has 4 aromatic rings. The number of fused-ring (bicyclic) bond motifs is 1. The molecular formula is C24H26ClN5. The van der Waals surface area contributed by atoms with Crippen LogP contribution in [0, 0.1) is 0 Å².